The first-order chi connectivity index (χ1) is 12.8. The number of hydrogen-bond donors (Lipinski definition) is 1. The Labute approximate surface area is 166 Å². The topological polar surface area (TPSA) is 57.2 Å². The van der Waals surface area contributed by atoms with E-state index in [1.165, 1.54) is 6.42 Å². The highest BCUT2D eigenvalue weighted by Gasteiger charge is 2.27. The Kier molecular flexibility index (Phi) is 10.7. The third-order valence-electron chi connectivity index (χ3n) is 5.01. The highest BCUT2D eigenvalue weighted by atomic mass is 16.6. The van der Waals surface area contributed by atoms with Crippen LogP contribution < -0.4 is 5.32 Å². The van der Waals surface area contributed by atoms with E-state index >= 15 is 0 Å². The van der Waals surface area contributed by atoms with E-state index in [4.69, 9.17) is 4.74 Å². The Hall–Kier alpha value is -1.30. The second-order valence-electron chi connectivity index (χ2n) is 8.33. The molecule has 0 saturated carbocycles. The van der Waals surface area contributed by atoms with Crippen LogP contribution >= 0.6 is 0 Å². The summed E-state index contributed by atoms with van der Waals surface area (Å²) >= 11 is 0. The SMILES string of the molecule is CCN(CC)C1CCN(C(=NC)NCCCCCCC(=O)OC(C)(C)C)C1. The molecule has 158 valence electrons. The largest absolute Gasteiger partial charge is 0.460 e. The summed E-state index contributed by atoms with van der Waals surface area (Å²) in [6.45, 7) is 15.5. The van der Waals surface area contributed by atoms with Crippen molar-refractivity contribution >= 4 is 11.9 Å². The predicted octanol–water partition coefficient (Wildman–Crippen LogP) is 3.27. The summed E-state index contributed by atoms with van der Waals surface area (Å²) in [5.74, 6) is 0.941. The van der Waals surface area contributed by atoms with Crippen molar-refractivity contribution < 1.29 is 9.53 Å². The van der Waals surface area contributed by atoms with Crippen LogP contribution in [0.2, 0.25) is 0 Å². The van der Waals surface area contributed by atoms with E-state index in [9.17, 15) is 4.79 Å². The fraction of sp³-hybridized carbons (Fsp3) is 0.905. The third-order valence-corrected chi connectivity index (χ3v) is 5.01. The molecule has 0 aromatic rings. The molecule has 0 aromatic heterocycles. The first-order valence-electron chi connectivity index (χ1n) is 10.7. The van der Waals surface area contributed by atoms with Gasteiger partial charge in [-0.2, -0.15) is 0 Å². The van der Waals surface area contributed by atoms with Gasteiger partial charge in [-0.05, 0) is 53.1 Å². The quantitative estimate of drug-likeness (QED) is 0.272. The molecule has 1 atom stereocenters. The van der Waals surface area contributed by atoms with Gasteiger partial charge in [-0.3, -0.25) is 14.7 Å². The molecule has 1 heterocycles. The molecule has 1 N–H and O–H groups in total. The molecule has 6 nitrogen and oxygen atoms in total. The second kappa shape index (κ2) is 12.2. The number of ether oxygens (including phenoxy) is 1. The Morgan fingerprint density at radius 2 is 1.85 bits per heavy atom. The van der Waals surface area contributed by atoms with Crippen LogP contribution in [0.4, 0.5) is 0 Å². The number of esters is 1. The monoisotopic (exact) mass is 382 g/mol. The van der Waals surface area contributed by atoms with Crippen LogP contribution in [-0.2, 0) is 9.53 Å². The number of rotatable bonds is 10. The normalized spacial score (nSPS) is 18.3. The van der Waals surface area contributed by atoms with Gasteiger partial charge in [0.2, 0.25) is 0 Å². The summed E-state index contributed by atoms with van der Waals surface area (Å²) in [6.07, 6.45) is 5.92. The Bertz CT molecular complexity index is 456. The second-order valence-corrected chi connectivity index (χ2v) is 8.33. The molecule has 0 bridgehead atoms. The molecule has 1 unspecified atom stereocenters. The average Bonchev–Trinajstić information content (AvgIpc) is 3.06. The van der Waals surface area contributed by atoms with E-state index in [-0.39, 0.29) is 11.6 Å². The lowest BCUT2D eigenvalue weighted by Gasteiger charge is -2.27. The minimum Gasteiger partial charge on any atom is -0.460 e. The Morgan fingerprint density at radius 3 is 2.44 bits per heavy atom. The third kappa shape index (κ3) is 9.45. The fourth-order valence-corrected chi connectivity index (χ4v) is 3.65. The van der Waals surface area contributed by atoms with Crippen LogP contribution in [0, 0.1) is 0 Å². The molecule has 0 aromatic carbocycles. The van der Waals surface area contributed by atoms with E-state index in [0.717, 1.165) is 64.4 Å². The molecular weight excluding hydrogens is 340 g/mol. The first-order valence-corrected chi connectivity index (χ1v) is 10.7. The summed E-state index contributed by atoms with van der Waals surface area (Å²) in [4.78, 5) is 21.1. The summed E-state index contributed by atoms with van der Waals surface area (Å²) in [5, 5.41) is 3.50. The van der Waals surface area contributed by atoms with E-state index < -0.39 is 0 Å². The van der Waals surface area contributed by atoms with E-state index in [2.05, 4.69) is 34.0 Å². The maximum Gasteiger partial charge on any atom is 0.306 e. The molecule has 27 heavy (non-hydrogen) atoms. The summed E-state index contributed by atoms with van der Waals surface area (Å²) in [5.41, 5.74) is -0.378. The van der Waals surface area contributed by atoms with Gasteiger partial charge in [-0.1, -0.05) is 26.7 Å². The fourth-order valence-electron chi connectivity index (χ4n) is 3.65. The number of guanidine groups is 1. The zero-order valence-corrected chi connectivity index (χ0v) is 18.5. The van der Waals surface area contributed by atoms with Gasteiger partial charge in [0, 0.05) is 39.1 Å². The Balaban J connectivity index is 2.16. The lowest BCUT2D eigenvalue weighted by Crippen LogP contribution is -2.43. The molecule has 1 fully saturated rings. The number of carbonyl (C=O) groups is 1. The van der Waals surface area contributed by atoms with E-state index in [0.29, 0.717) is 12.5 Å². The summed E-state index contributed by atoms with van der Waals surface area (Å²) in [7, 11) is 1.87. The predicted molar refractivity (Wildman–Crippen MR) is 113 cm³/mol. The van der Waals surface area contributed by atoms with Gasteiger partial charge < -0.3 is 15.0 Å². The average molecular weight is 383 g/mol. The molecule has 0 radical (unpaired) electrons. The van der Waals surface area contributed by atoms with Crippen LogP contribution in [0.3, 0.4) is 0 Å². The minimum atomic E-state index is -0.378. The summed E-state index contributed by atoms with van der Waals surface area (Å²) in [6, 6.07) is 0.645. The van der Waals surface area contributed by atoms with Crippen molar-refractivity contribution in [2.24, 2.45) is 4.99 Å². The summed E-state index contributed by atoms with van der Waals surface area (Å²) < 4.78 is 5.33. The number of aliphatic imine (C=N–C) groups is 1. The zero-order valence-electron chi connectivity index (χ0n) is 18.5. The van der Waals surface area contributed by atoms with Crippen molar-refractivity contribution in [2.45, 2.75) is 84.8 Å². The molecule has 6 heteroatoms. The molecule has 1 aliphatic rings. The molecular formula is C21H42N4O2. The van der Waals surface area contributed by atoms with Gasteiger partial charge in [-0.15, -0.1) is 0 Å². The molecule has 0 amide bonds. The Morgan fingerprint density at radius 1 is 1.19 bits per heavy atom. The van der Waals surface area contributed by atoms with Gasteiger partial charge in [0.25, 0.3) is 0 Å². The van der Waals surface area contributed by atoms with Crippen molar-refractivity contribution in [3.05, 3.63) is 0 Å². The van der Waals surface area contributed by atoms with Gasteiger partial charge in [0.15, 0.2) is 5.96 Å². The smallest absolute Gasteiger partial charge is 0.306 e. The van der Waals surface area contributed by atoms with Gasteiger partial charge in [-0.25, -0.2) is 0 Å². The number of likely N-dealkylation sites (N-methyl/N-ethyl adjacent to an activating group) is 1. The van der Waals surface area contributed by atoms with Crippen LogP contribution in [0.15, 0.2) is 4.99 Å². The van der Waals surface area contributed by atoms with Gasteiger partial charge in [0.1, 0.15) is 5.60 Å². The number of hydrogen-bond acceptors (Lipinski definition) is 4. The standard InChI is InChI=1S/C21H42N4O2/c1-7-24(8-2)18-14-16-25(17-18)20(22-6)23-15-12-10-9-11-13-19(26)27-21(3,4)5/h18H,7-17H2,1-6H3,(H,22,23). The molecule has 1 aliphatic heterocycles. The zero-order chi connectivity index (χ0) is 20.3. The number of likely N-dealkylation sites (tertiary alicyclic amines) is 1. The highest BCUT2D eigenvalue weighted by molar-refractivity contribution is 5.80. The maximum atomic E-state index is 11.7. The molecule has 1 saturated heterocycles. The van der Waals surface area contributed by atoms with Crippen molar-refractivity contribution in [1.82, 2.24) is 15.1 Å². The van der Waals surface area contributed by atoms with Crippen LogP contribution in [0.1, 0.15) is 73.1 Å². The van der Waals surface area contributed by atoms with Gasteiger partial charge >= 0.3 is 5.97 Å². The highest BCUT2D eigenvalue weighted by Crippen LogP contribution is 2.15. The van der Waals surface area contributed by atoms with Crippen molar-refractivity contribution in [3.63, 3.8) is 0 Å². The molecule has 0 aliphatic carbocycles. The van der Waals surface area contributed by atoms with E-state index in [1.54, 1.807) is 0 Å². The lowest BCUT2D eigenvalue weighted by molar-refractivity contribution is -0.154. The van der Waals surface area contributed by atoms with Crippen molar-refractivity contribution in [2.75, 3.05) is 39.8 Å². The number of carbonyl (C=O) groups excluding carboxylic acids is 1. The van der Waals surface area contributed by atoms with Crippen LogP contribution in [-0.4, -0.2) is 73.1 Å². The number of nitrogens with one attached hydrogen (secondary N) is 1. The minimum absolute atomic E-state index is 0.0854. The number of unbranched alkanes of at least 4 members (excludes halogenated alkanes) is 3. The molecule has 1 rings (SSSR count). The first kappa shape index (κ1) is 23.7. The molecule has 0 spiro atoms. The van der Waals surface area contributed by atoms with Crippen LogP contribution in [0.25, 0.3) is 0 Å². The maximum absolute atomic E-state index is 11.7. The van der Waals surface area contributed by atoms with Crippen molar-refractivity contribution in [1.29, 1.82) is 0 Å². The van der Waals surface area contributed by atoms with E-state index in [1.807, 2.05) is 27.8 Å². The lowest BCUT2D eigenvalue weighted by atomic mass is 10.1. The number of nitrogens with zero attached hydrogens (tertiary/aromatic N) is 3. The van der Waals surface area contributed by atoms with Crippen LogP contribution in [0.5, 0.6) is 0 Å². The van der Waals surface area contributed by atoms with Crippen molar-refractivity contribution in [3.8, 4) is 0 Å². The van der Waals surface area contributed by atoms with Gasteiger partial charge in [0.05, 0.1) is 0 Å².